The first-order valence-corrected chi connectivity index (χ1v) is 12.4. The molecule has 1 aromatic heterocycles. The molecule has 0 radical (unpaired) electrons. The Balaban J connectivity index is 1.49. The number of rotatable bonds is 5. The Morgan fingerprint density at radius 1 is 0.806 bits per heavy atom. The summed E-state index contributed by atoms with van der Waals surface area (Å²) in [6.07, 6.45) is 1.64. The highest BCUT2D eigenvalue weighted by molar-refractivity contribution is 7.88. The third kappa shape index (κ3) is 3.98. The molecule has 0 amide bonds. The van der Waals surface area contributed by atoms with Gasteiger partial charge in [0.2, 0.25) is 10.0 Å². The second kappa shape index (κ2) is 8.09. The van der Waals surface area contributed by atoms with Gasteiger partial charge in [0, 0.05) is 36.8 Å². The first kappa shape index (κ1) is 20.2. The predicted molar refractivity (Wildman–Crippen MR) is 121 cm³/mol. The van der Waals surface area contributed by atoms with E-state index in [0.717, 1.165) is 29.7 Å². The number of nitrogens with zero attached hydrogens (tertiary/aromatic N) is 2. The smallest absolute Gasteiger partial charge is 0.251 e. The van der Waals surface area contributed by atoms with E-state index in [9.17, 15) is 13.2 Å². The highest BCUT2D eigenvalue weighted by atomic mass is 32.2. The monoisotopic (exact) mass is 434 g/mol. The number of fused-ring (bicyclic) bond motifs is 4. The maximum Gasteiger partial charge on any atom is 0.251 e. The first-order chi connectivity index (χ1) is 15.0. The van der Waals surface area contributed by atoms with Crippen molar-refractivity contribution in [2.75, 3.05) is 13.1 Å². The van der Waals surface area contributed by atoms with Crippen LogP contribution in [-0.4, -0.2) is 30.4 Å². The van der Waals surface area contributed by atoms with Crippen LogP contribution in [0.5, 0.6) is 0 Å². The van der Waals surface area contributed by atoms with E-state index in [-0.39, 0.29) is 29.2 Å². The largest absolute Gasteiger partial charge is 0.309 e. The van der Waals surface area contributed by atoms with Gasteiger partial charge in [0.1, 0.15) is 0 Å². The van der Waals surface area contributed by atoms with Crippen LogP contribution in [0.25, 0.3) is 0 Å². The summed E-state index contributed by atoms with van der Waals surface area (Å²) in [5, 5.41) is 0. The topological polar surface area (TPSA) is 59.4 Å². The molecule has 3 atom stereocenters. The van der Waals surface area contributed by atoms with Crippen molar-refractivity contribution in [3.8, 4) is 0 Å². The summed E-state index contributed by atoms with van der Waals surface area (Å²) in [5.41, 5.74) is 2.94. The van der Waals surface area contributed by atoms with Crippen molar-refractivity contribution in [1.29, 1.82) is 0 Å². The number of hydrogen-bond donors (Lipinski definition) is 0. The van der Waals surface area contributed by atoms with Crippen molar-refractivity contribution in [3.05, 3.63) is 106 Å². The van der Waals surface area contributed by atoms with Gasteiger partial charge in [-0.15, -0.1) is 0 Å². The molecule has 0 aliphatic carbocycles. The van der Waals surface area contributed by atoms with Gasteiger partial charge in [-0.05, 0) is 36.0 Å². The van der Waals surface area contributed by atoms with E-state index in [1.807, 2.05) is 59.2 Å². The summed E-state index contributed by atoms with van der Waals surface area (Å²) in [7, 11) is -3.44. The lowest BCUT2D eigenvalue weighted by Gasteiger charge is -2.46. The molecule has 0 unspecified atom stereocenters. The van der Waals surface area contributed by atoms with Gasteiger partial charge in [-0.2, -0.15) is 0 Å². The average molecular weight is 435 g/mol. The zero-order valence-electron chi connectivity index (χ0n) is 17.3. The summed E-state index contributed by atoms with van der Waals surface area (Å²) in [6.45, 7) is 0.900. The Morgan fingerprint density at radius 2 is 1.48 bits per heavy atom. The Hall–Kier alpha value is -2.70. The molecule has 2 aromatic carbocycles. The number of hydrogen-bond acceptors (Lipinski definition) is 3. The van der Waals surface area contributed by atoms with Crippen LogP contribution < -0.4 is 5.56 Å². The van der Waals surface area contributed by atoms with Gasteiger partial charge >= 0.3 is 0 Å². The lowest BCUT2D eigenvalue weighted by Crippen LogP contribution is -2.51. The lowest BCUT2D eigenvalue weighted by molar-refractivity contribution is 0.142. The Bertz CT molecular complexity index is 1220. The van der Waals surface area contributed by atoms with Crippen LogP contribution in [0.2, 0.25) is 0 Å². The van der Waals surface area contributed by atoms with Gasteiger partial charge in [0.25, 0.3) is 5.56 Å². The zero-order valence-corrected chi connectivity index (χ0v) is 18.1. The molecule has 6 heteroatoms. The Labute approximate surface area is 183 Å². The Kier molecular flexibility index (Phi) is 5.28. The maximum absolute atomic E-state index is 13.3. The van der Waals surface area contributed by atoms with Crippen molar-refractivity contribution < 1.29 is 8.42 Å². The summed E-state index contributed by atoms with van der Waals surface area (Å²) in [4.78, 5) is 12.8. The molecule has 0 saturated carbocycles. The molecule has 31 heavy (non-hydrogen) atoms. The SMILES string of the molecule is O=c1cccc2n1[C@@H](Cc1ccccc1)[C@H]1C[C@@H]2CN(S(=O)(=O)Cc2ccccc2)C1. The van der Waals surface area contributed by atoms with E-state index >= 15 is 0 Å². The molecular weight excluding hydrogens is 408 g/mol. The molecule has 5 rings (SSSR count). The van der Waals surface area contributed by atoms with Gasteiger partial charge in [-0.3, -0.25) is 4.79 Å². The second-order valence-electron chi connectivity index (χ2n) is 8.67. The van der Waals surface area contributed by atoms with Crippen molar-refractivity contribution in [3.63, 3.8) is 0 Å². The van der Waals surface area contributed by atoms with Crippen molar-refractivity contribution in [2.24, 2.45) is 5.92 Å². The normalized spacial score (nSPS) is 23.3. The van der Waals surface area contributed by atoms with E-state index < -0.39 is 10.0 Å². The molecule has 2 bridgehead atoms. The van der Waals surface area contributed by atoms with Gasteiger partial charge in [0.15, 0.2) is 0 Å². The molecule has 160 valence electrons. The number of pyridine rings is 1. The average Bonchev–Trinajstić information content (AvgIpc) is 2.78. The molecular formula is C25H26N2O3S. The third-order valence-electron chi connectivity index (χ3n) is 6.64. The van der Waals surface area contributed by atoms with Crippen LogP contribution in [0.3, 0.4) is 0 Å². The minimum absolute atomic E-state index is 0.00808. The quantitative estimate of drug-likeness (QED) is 0.617. The molecule has 0 spiro atoms. The summed E-state index contributed by atoms with van der Waals surface area (Å²) < 4.78 is 30.2. The molecule has 2 aliphatic rings. The number of piperidine rings is 1. The molecule has 1 fully saturated rings. The van der Waals surface area contributed by atoms with Crippen LogP contribution in [0.4, 0.5) is 0 Å². The summed E-state index contributed by atoms with van der Waals surface area (Å²) >= 11 is 0. The minimum atomic E-state index is -3.44. The maximum atomic E-state index is 13.3. The van der Waals surface area contributed by atoms with Gasteiger partial charge < -0.3 is 4.57 Å². The van der Waals surface area contributed by atoms with Crippen LogP contribution in [0.1, 0.15) is 35.2 Å². The van der Waals surface area contributed by atoms with Crippen LogP contribution >= 0.6 is 0 Å². The summed E-state index contributed by atoms with van der Waals surface area (Å²) in [5.74, 6) is 0.167. The molecule has 3 aromatic rings. The fourth-order valence-corrected chi connectivity index (χ4v) is 6.84. The van der Waals surface area contributed by atoms with Crippen molar-refractivity contribution in [1.82, 2.24) is 8.87 Å². The van der Waals surface area contributed by atoms with Crippen molar-refractivity contribution in [2.45, 2.75) is 30.6 Å². The third-order valence-corrected chi connectivity index (χ3v) is 8.42. The second-order valence-corrected chi connectivity index (χ2v) is 10.6. The highest BCUT2D eigenvalue weighted by Crippen LogP contribution is 2.43. The van der Waals surface area contributed by atoms with Crippen LogP contribution in [0.15, 0.2) is 83.7 Å². The number of benzene rings is 2. The van der Waals surface area contributed by atoms with Crippen LogP contribution in [0, 0.1) is 5.92 Å². The van der Waals surface area contributed by atoms with E-state index in [0.29, 0.717) is 13.1 Å². The molecule has 3 heterocycles. The fourth-order valence-electron chi connectivity index (χ4n) is 5.22. The highest BCUT2D eigenvalue weighted by Gasteiger charge is 2.43. The zero-order chi connectivity index (χ0) is 21.4. The Morgan fingerprint density at radius 3 is 2.19 bits per heavy atom. The first-order valence-electron chi connectivity index (χ1n) is 10.8. The molecule has 5 nitrogen and oxygen atoms in total. The number of sulfonamides is 1. The van der Waals surface area contributed by atoms with E-state index in [2.05, 4.69) is 12.1 Å². The summed E-state index contributed by atoms with van der Waals surface area (Å²) in [6, 6.07) is 24.9. The standard InChI is InChI=1S/C25H26N2O3S/c28-25-13-7-12-23-21-15-22(24(27(23)25)14-19-8-3-1-4-9-19)17-26(16-21)31(29,30)18-20-10-5-2-6-11-20/h1-13,21-22,24H,14-18H2/t21-,22+,24+/m1/s1. The molecule has 1 saturated heterocycles. The minimum Gasteiger partial charge on any atom is -0.309 e. The fraction of sp³-hybridized carbons (Fsp3) is 0.320. The van der Waals surface area contributed by atoms with Gasteiger partial charge in [-0.1, -0.05) is 66.7 Å². The van der Waals surface area contributed by atoms with E-state index in [1.54, 1.807) is 16.4 Å². The van der Waals surface area contributed by atoms with E-state index in [4.69, 9.17) is 0 Å². The van der Waals surface area contributed by atoms with E-state index in [1.165, 1.54) is 0 Å². The van der Waals surface area contributed by atoms with Crippen molar-refractivity contribution >= 4 is 10.0 Å². The number of aromatic nitrogens is 1. The predicted octanol–water partition coefficient (Wildman–Crippen LogP) is 3.58. The van der Waals surface area contributed by atoms with Gasteiger partial charge in [0.05, 0.1) is 5.75 Å². The molecule has 2 aliphatic heterocycles. The lowest BCUT2D eigenvalue weighted by atomic mass is 9.77. The molecule has 0 N–H and O–H groups in total. The van der Waals surface area contributed by atoms with Gasteiger partial charge in [-0.25, -0.2) is 12.7 Å². The van der Waals surface area contributed by atoms with Crippen LogP contribution in [-0.2, 0) is 22.2 Å².